The van der Waals surface area contributed by atoms with E-state index in [-0.39, 0.29) is 12.1 Å². The highest BCUT2D eigenvalue weighted by atomic mass is 32.1. The van der Waals surface area contributed by atoms with E-state index in [1.165, 1.54) is 11.3 Å². The fraction of sp³-hybridized carbons (Fsp3) is 0.278. The lowest BCUT2D eigenvalue weighted by Gasteiger charge is -2.23. The number of ether oxygens (including phenoxy) is 2. The lowest BCUT2D eigenvalue weighted by molar-refractivity contribution is -0.105. The van der Waals surface area contributed by atoms with Gasteiger partial charge in [-0.05, 0) is 42.5 Å². The van der Waals surface area contributed by atoms with Crippen molar-refractivity contribution in [2.45, 2.75) is 25.6 Å². The Morgan fingerprint density at radius 3 is 2.96 bits per heavy atom. The van der Waals surface area contributed by atoms with Gasteiger partial charge >= 0.3 is 0 Å². The van der Waals surface area contributed by atoms with Gasteiger partial charge in [0.05, 0.1) is 6.61 Å². The lowest BCUT2D eigenvalue weighted by atomic mass is 10.1. The number of carbonyl (C=O) groups is 1. The zero-order valence-electron chi connectivity index (χ0n) is 12.5. The van der Waals surface area contributed by atoms with Crippen LogP contribution in [0.25, 0.3) is 11.0 Å². The number of ketones is 1. The summed E-state index contributed by atoms with van der Waals surface area (Å²) in [6.07, 6.45) is 2.92. The Balaban J connectivity index is 1.58. The largest absolute Gasteiger partial charge is 0.465 e. The standard InChI is InChI=1S/C18H16O4S/c19-18(13-6-8-23-11-13)16-9-12-4-5-14(10-15(12)22-16)21-17-3-1-2-7-20-17/h4-6,8-11,17H,1-3,7H2. The van der Waals surface area contributed by atoms with Gasteiger partial charge in [-0.1, -0.05) is 0 Å². The number of hydrogen-bond acceptors (Lipinski definition) is 5. The summed E-state index contributed by atoms with van der Waals surface area (Å²) in [6.45, 7) is 0.743. The Morgan fingerprint density at radius 2 is 2.17 bits per heavy atom. The molecule has 4 nitrogen and oxygen atoms in total. The summed E-state index contributed by atoms with van der Waals surface area (Å²) in [5.74, 6) is 0.957. The molecule has 5 heteroatoms. The number of furan rings is 1. The monoisotopic (exact) mass is 328 g/mol. The molecule has 1 aliphatic rings. The maximum absolute atomic E-state index is 12.3. The third kappa shape index (κ3) is 3.02. The van der Waals surface area contributed by atoms with Gasteiger partial charge in [0, 0.05) is 28.8 Å². The molecular formula is C18H16O4S. The van der Waals surface area contributed by atoms with Crippen LogP contribution in [0.3, 0.4) is 0 Å². The van der Waals surface area contributed by atoms with Gasteiger partial charge < -0.3 is 13.9 Å². The van der Waals surface area contributed by atoms with Crippen molar-refractivity contribution in [3.63, 3.8) is 0 Å². The van der Waals surface area contributed by atoms with E-state index in [2.05, 4.69) is 0 Å². The van der Waals surface area contributed by atoms with Crippen LogP contribution in [0.2, 0.25) is 0 Å². The highest BCUT2D eigenvalue weighted by Crippen LogP contribution is 2.27. The molecule has 3 aromatic rings. The van der Waals surface area contributed by atoms with Crippen molar-refractivity contribution in [2.75, 3.05) is 6.61 Å². The van der Waals surface area contributed by atoms with Crippen molar-refractivity contribution >= 4 is 28.1 Å². The third-order valence-electron chi connectivity index (χ3n) is 3.90. The summed E-state index contributed by atoms with van der Waals surface area (Å²) in [6, 6.07) is 9.18. The zero-order chi connectivity index (χ0) is 15.6. The highest BCUT2D eigenvalue weighted by molar-refractivity contribution is 7.08. The Labute approximate surface area is 137 Å². The van der Waals surface area contributed by atoms with Crippen LogP contribution in [0.15, 0.2) is 45.5 Å². The SMILES string of the molecule is O=C(c1ccsc1)c1cc2ccc(OC3CCCCO3)cc2o1. The molecule has 1 atom stereocenters. The Hall–Kier alpha value is -2.11. The molecule has 1 saturated heterocycles. The highest BCUT2D eigenvalue weighted by Gasteiger charge is 2.17. The maximum atomic E-state index is 12.3. The normalized spacial score (nSPS) is 18.2. The summed E-state index contributed by atoms with van der Waals surface area (Å²) in [5, 5.41) is 4.59. The topological polar surface area (TPSA) is 48.7 Å². The van der Waals surface area contributed by atoms with Gasteiger partial charge in [-0.2, -0.15) is 11.3 Å². The molecule has 2 aromatic heterocycles. The van der Waals surface area contributed by atoms with Crippen molar-refractivity contribution in [2.24, 2.45) is 0 Å². The fourth-order valence-electron chi connectivity index (χ4n) is 2.69. The molecule has 1 aliphatic heterocycles. The summed E-state index contributed by atoms with van der Waals surface area (Å²) in [7, 11) is 0. The number of benzene rings is 1. The molecule has 0 spiro atoms. The van der Waals surface area contributed by atoms with Crippen molar-refractivity contribution < 1.29 is 18.7 Å². The van der Waals surface area contributed by atoms with Crippen LogP contribution < -0.4 is 4.74 Å². The zero-order valence-corrected chi connectivity index (χ0v) is 13.3. The van der Waals surface area contributed by atoms with Crippen LogP contribution in [0.4, 0.5) is 0 Å². The van der Waals surface area contributed by atoms with Gasteiger partial charge in [0.25, 0.3) is 0 Å². The molecule has 3 heterocycles. The number of fused-ring (bicyclic) bond motifs is 1. The molecule has 23 heavy (non-hydrogen) atoms. The first-order valence-electron chi connectivity index (χ1n) is 7.68. The minimum atomic E-state index is -0.192. The second-order valence-corrected chi connectivity index (χ2v) is 6.35. The number of carbonyl (C=O) groups excluding carboxylic acids is 1. The van der Waals surface area contributed by atoms with Crippen LogP contribution >= 0.6 is 11.3 Å². The van der Waals surface area contributed by atoms with E-state index in [0.29, 0.717) is 22.7 Å². The van der Waals surface area contributed by atoms with Gasteiger partial charge in [-0.15, -0.1) is 0 Å². The first-order valence-corrected chi connectivity index (χ1v) is 8.63. The smallest absolute Gasteiger partial charge is 0.229 e. The predicted molar refractivity (Wildman–Crippen MR) is 88.2 cm³/mol. The third-order valence-corrected chi connectivity index (χ3v) is 4.59. The quantitative estimate of drug-likeness (QED) is 0.655. The van der Waals surface area contributed by atoms with E-state index in [4.69, 9.17) is 13.9 Å². The van der Waals surface area contributed by atoms with Gasteiger partial charge in [0.2, 0.25) is 5.78 Å². The van der Waals surface area contributed by atoms with Gasteiger partial charge in [-0.3, -0.25) is 4.79 Å². The molecule has 1 unspecified atom stereocenters. The Bertz CT molecular complexity index is 813. The summed E-state index contributed by atoms with van der Waals surface area (Å²) >= 11 is 1.49. The molecule has 1 aromatic carbocycles. The van der Waals surface area contributed by atoms with Crippen LogP contribution in [-0.4, -0.2) is 18.7 Å². The minimum absolute atomic E-state index is 0.0967. The molecule has 1 fully saturated rings. The van der Waals surface area contributed by atoms with Crippen molar-refractivity contribution in [1.29, 1.82) is 0 Å². The summed E-state index contributed by atoms with van der Waals surface area (Å²) in [4.78, 5) is 12.3. The fourth-order valence-corrected chi connectivity index (χ4v) is 3.32. The second kappa shape index (κ2) is 6.18. The molecule has 0 amide bonds. The van der Waals surface area contributed by atoms with Crippen LogP contribution in [-0.2, 0) is 4.74 Å². The summed E-state index contributed by atoms with van der Waals surface area (Å²) < 4.78 is 17.1. The first-order chi connectivity index (χ1) is 11.3. The lowest BCUT2D eigenvalue weighted by Crippen LogP contribution is -2.24. The average Bonchev–Trinajstić information content (AvgIpc) is 3.24. The van der Waals surface area contributed by atoms with Crippen molar-refractivity contribution in [3.8, 4) is 5.75 Å². The van der Waals surface area contributed by atoms with Crippen molar-refractivity contribution in [3.05, 3.63) is 52.4 Å². The van der Waals surface area contributed by atoms with Gasteiger partial charge in [0.1, 0.15) is 11.3 Å². The Morgan fingerprint density at radius 1 is 1.22 bits per heavy atom. The van der Waals surface area contributed by atoms with Crippen LogP contribution in [0.1, 0.15) is 35.4 Å². The van der Waals surface area contributed by atoms with Crippen molar-refractivity contribution in [1.82, 2.24) is 0 Å². The minimum Gasteiger partial charge on any atom is -0.465 e. The molecule has 0 radical (unpaired) electrons. The molecule has 0 N–H and O–H groups in total. The van der Waals surface area contributed by atoms with E-state index >= 15 is 0 Å². The van der Waals surface area contributed by atoms with E-state index < -0.39 is 0 Å². The van der Waals surface area contributed by atoms with Gasteiger partial charge in [0.15, 0.2) is 12.1 Å². The average molecular weight is 328 g/mol. The first kappa shape index (κ1) is 14.5. The molecule has 4 rings (SSSR count). The van der Waals surface area contributed by atoms with Gasteiger partial charge in [-0.25, -0.2) is 0 Å². The number of thiophene rings is 1. The molecule has 0 aliphatic carbocycles. The molecular weight excluding hydrogens is 312 g/mol. The van der Waals surface area contributed by atoms with E-state index in [1.807, 2.05) is 29.0 Å². The second-order valence-electron chi connectivity index (χ2n) is 5.57. The Kier molecular flexibility index (Phi) is 3.89. The van der Waals surface area contributed by atoms with E-state index in [9.17, 15) is 4.79 Å². The summed E-state index contributed by atoms with van der Waals surface area (Å²) in [5.41, 5.74) is 1.30. The molecule has 0 bridgehead atoms. The molecule has 118 valence electrons. The maximum Gasteiger partial charge on any atom is 0.229 e. The van der Waals surface area contributed by atoms with E-state index in [0.717, 1.165) is 31.3 Å². The predicted octanol–water partition coefficient (Wildman–Crippen LogP) is 4.63. The molecule has 0 saturated carbocycles. The van der Waals surface area contributed by atoms with Crippen LogP contribution in [0.5, 0.6) is 5.75 Å². The van der Waals surface area contributed by atoms with Crippen LogP contribution in [0, 0.1) is 0 Å². The number of rotatable bonds is 4. The van der Waals surface area contributed by atoms with E-state index in [1.54, 1.807) is 12.1 Å². The number of hydrogen-bond donors (Lipinski definition) is 0.